The first-order chi connectivity index (χ1) is 8.58. The molecule has 96 valence electrons. The van der Waals surface area contributed by atoms with Crippen molar-refractivity contribution in [1.29, 1.82) is 0 Å². The SMILES string of the molecule is CC(C)n1ccc(CC(N)c2ccncc2Cl)n1. The van der Waals surface area contributed by atoms with Gasteiger partial charge in [0.25, 0.3) is 0 Å². The highest BCUT2D eigenvalue weighted by Crippen LogP contribution is 2.22. The Morgan fingerprint density at radius 3 is 2.78 bits per heavy atom. The van der Waals surface area contributed by atoms with E-state index in [4.69, 9.17) is 17.3 Å². The highest BCUT2D eigenvalue weighted by Gasteiger charge is 2.12. The molecule has 2 heterocycles. The Morgan fingerprint density at radius 2 is 2.17 bits per heavy atom. The third kappa shape index (κ3) is 2.89. The zero-order valence-corrected chi connectivity index (χ0v) is 11.3. The van der Waals surface area contributed by atoms with Gasteiger partial charge in [0.2, 0.25) is 0 Å². The van der Waals surface area contributed by atoms with Crippen LogP contribution in [0.2, 0.25) is 5.02 Å². The van der Waals surface area contributed by atoms with Crippen molar-refractivity contribution >= 4 is 11.6 Å². The Kier molecular flexibility index (Phi) is 3.99. The molecule has 0 aliphatic carbocycles. The van der Waals surface area contributed by atoms with Crippen LogP contribution in [0.3, 0.4) is 0 Å². The van der Waals surface area contributed by atoms with Crippen LogP contribution < -0.4 is 5.73 Å². The molecule has 5 heteroatoms. The Morgan fingerprint density at radius 1 is 1.39 bits per heavy atom. The van der Waals surface area contributed by atoms with Crippen molar-refractivity contribution in [3.05, 3.63) is 47.0 Å². The fraction of sp³-hybridized carbons (Fsp3) is 0.385. The van der Waals surface area contributed by atoms with Crippen LogP contribution in [0.25, 0.3) is 0 Å². The van der Waals surface area contributed by atoms with Crippen molar-refractivity contribution in [1.82, 2.24) is 14.8 Å². The number of nitrogens with two attached hydrogens (primary N) is 1. The minimum atomic E-state index is -0.156. The molecule has 2 rings (SSSR count). The number of halogens is 1. The zero-order valence-electron chi connectivity index (χ0n) is 10.5. The summed E-state index contributed by atoms with van der Waals surface area (Å²) in [5.41, 5.74) is 8.04. The average Bonchev–Trinajstić information content (AvgIpc) is 2.78. The van der Waals surface area contributed by atoms with Crippen LogP contribution in [0.15, 0.2) is 30.7 Å². The first-order valence-corrected chi connectivity index (χ1v) is 6.34. The van der Waals surface area contributed by atoms with E-state index >= 15 is 0 Å². The lowest BCUT2D eigenvalue weighted by atomic mass is 10.0. The Labute approximate surface area is 112 Å². The quantitative estimate of drug-likeness (QED) is 0.924. The lowest BCUT2D eigenvalue weighted by Crippen LogP contribution is -2.14. The summed E-state index contributed by atoms with van der Waals surface area (Å²) >= 11 is 6.07. The van der Waals surface area contributed by atoms with Gasteiger partial charge in [0, 0.05) is 37.1 Å². The van der Waals surface area contributed by atoms with Crippen LogP contribution in [0, 0.1) is 0 Å². The summed E-state index contributed by atoms with van der Waals surface area (Å²) in [4.78, 5) is 3.95. The van der Waals surface area contributed by atoms with Gasteiger partial charge >= 0.3 is 0 Å². The van der Waals surface area contributed by atoms with Crippen LogP contribution >= 0.6 is 11.6 Å². The van der Waals surface area contributed by atoms with E-state index in [-0.39, 0.29) is 6.04 Å². The highest BCUT2D eigenvalue weighted by molar-refractivity contribution is 6.31. The van der Waals surface area contributed by atoms with Crippen molar-refractivity contribution in [2.75, 3.05) is 0 Å². The molecule has 0 aromatic carbocycles. The molecule has 0 amide bonds. The van der Waals surface area contributed by atoms with Crippen LogP contribution in [0.1, 0.15) is 37.2 Å². The van der Waals surface area contributed by atoms with E-state index in [2.05, 4.69) is 23.9 Å². The third-order valence-electron chi connectivity index (χ3n) is 2.82. The molecule has 0 aliphatic rings. The van der Waals surface area contributed by atoms with Gasteiger partial charge in [0.15, 0.2) is 0 Å². The van der Waals surface area contributed by atoms with E-state index in [1.54, 1.807) is 12.4 Å². The van der Waals surface area contributed by atoms with E-state index in [1.807, 2.05) is 23.0 Å². The summed E-state index contributed by atoms with van der Waals surface area (Å²) in [5, 5.41) is 5.09. The second-order valence-corrected chi connectivity index (χ2v) is 5.00. The topological polar surface area (TPSA) is 56.7 Å². The maximum atomic E-state index is 6.15. The Bertz CT molecular complexity index is 521. The smallest absolute Gasteiger partial charge is 0.0643 e. The molecule has 0 saturated carbocycles. The van der Waals surface area contributed by atoms with E-state index in [9.17, 15) is 0 Å². The lowest BCUT2D eigenvalue weighted by Gasteiger charge is -2.12. The van der Waals surface area contributed by atoms with Crippen molar-refractivity contribution in [2.24, 2.45) is 5.73 Å². The van der Waals surface area contributed by atoms with E-state index < -0.39 is 0 Å². The van der Waals surface area contributed by atoms with E-state index in [1.165, 1.54) is 0 Å². The molecule has 0 saturated heterocycles. The standard InChI is InChI=1S/C13H17ClN4/c1-9(2)18-6-4-10(17-18)7-13(15)11-3-5-16-8-12(11)14/h3-6,8-9,13H,7,15H2,1-2H3. The lowest BCUT2D eigenvalue weighted by molar-refractivity contribution is 0.522. The number of hydrogen-bond acceptors (Lipinski definition) is 3. The molecule has 4 nitrogen and oxygen atoms in total. The number of hydrogen-bond donors (Lipinski definition) is 1. The molecule has 2 N–H and O–H groups in total. The first kappa shape index (κ1) is 13.1. The van der Waals surface area contributed by atoms with Gasteiger partial charge in [-0.05, 0) is 31.5 Å². The molecule has 2 aromatic heterocycles. The van der Waals surface area contributed by atoms with Gasteiger partial charge < -0.3 is 5.73 Å². The van der Waals surface area contributed by atoms with Crippen LogP contribution in [0.4, 0.5) is 0 Å². The van der Waals surface area contributed by atoms with Crippen molar-refractivity contribution in [3.63, 3.8) is 0 Å². The van der Waals surface area contributed by atoms with Crippen molar-refractivity contribution < 1.29 is 0 Å². The normalized spacial score (nSPS) is 12.9. The molecule has 2 aromatic rings. The Balaban J connectivity index is 2.11. The monoisotopic (exact) mass is 264 g/mol. The fourth-order valence-electron chi connectivity index (χ4n) is 1.80. The van der Waals surface area contributed by atoms with Crippen LogP contribution in [-0.4, -0.2) is 14.8 Å². The summed E-state index contributed by atoms with van der Waals surface area (Å²) in [7, 11) is 0. The van der Waals surface area contributed by atoms with Crippen molar-refractivity contribution in [2.45, 2.75) is 32.4 Å². The molecule has 0 aliphatic heterocycles. The average molecular weight is 265 g/mol. The van der Waals surface area contributed by atoms with Gasteiger partial charge in [0.05, 0.1) is 10.7 Å². The third-order valence-corrected chi connectivity index (χ3v) is 3.14. The largest absolute Gasteiger partial charge is 0.324 e. The predicted octanol–water partition coefficient (Wildman–Crippen LogP) is 2.75. The number of nitrogens with zero attached hydrogens (tertiary/aromatic N) is 3. The molecule has 18 heavy (non-hydrogen) atoms. The molecule has 0 bridgehead atoms. The fourth-order valence-corrected chi connectivity index (χ4v) is 2.06. The van der Waals surface area contributed by atoms with E-state index in [0.717, 1.165) is 11.3 Å². The second-order valence-electron chi connectivity index (χ2n) is 4.59. The summed E-state index contributed by atoms with van der Waals surface area (Å²) in [6.45, 7) is 4.19. The highest BCUT2D eigenvalue weighted by atomic mass is 35.5. The number of aromatic nitrogens is 3. The summed E-state index contributed by atoms with van der Waals surface area (Å²) < 4.78 is 1.93. The second kappa shape index (κ2) is 5.50. The molecule has 0 radical (unpaired) electrons. The summed E-state index contributed by atoms with van der Waals surface area (Å²) in [6, 6.07) is 4.05. The first-order valence-electron chi connectivity index (χ1n) is 5.97. The van der Waals surface area contributed by atoms with Gasteiger partial charge in [-0.1, -0.05) is 11.6 Å². The maximum Gasteiger partial charge on any atom is 0.0643 e. The van der Waals surface area contributed by atoms with Gasteiger partial charge in [-0.3, -0.25) is 9.67 Å². The summed E-state index contributed by atoms with van der Waals surface area (Å²) in [5.74, 6) is 0. The van der Waals surface area contributed by atoms with Gasteiger partial charge in [-0.25, -0.2) is 0 Å². The minimum absolute atomic E-state index is 0.156. The van der Waals surface area contributed by atoms with Crippen LogP contribution in [0.5, 0.6) is 0 Å². The summed E-state index contributed by atoms with van der Waals surface area (Å²) in [6.07, 6.45) is 5.96. The van der Waals surface area contributed by atoms with Crippen molar-refractivity contribution in [3.8, 4) is 0 Å². The maximum absolute atomic E-state index is 6.15. The molecule has 1 unspecified atom stereocenters. The molecule has 0 fully saturated rings. The van der Waals surface area contributed by atoms with Crippen LogP contribution in [-0.2, 0) is 6.42 Å². The number of pyridine rings is 1. The Hall–Kier alpha value is -1.39. The van der Waals surface area contributed by atoms with Gasteiger partial charge in [-0.15, -0.1) is 0 Å². The molecule has 1 atom stereocenters. The zero-order chi connectivity index (χ0) is 13.1. The molecular formula is C13H17ClN4. The minimum Gasteiger partial charge on any atom is -0.324 e. The van der Waals surface area contributed by atoms with Gasteiger partial charge in [0.1, 0.15) is 0 Å². The van der Waals surface area contributed by atoms with E-state index in [0.29, 0.717) is 17.5 Å². The molecule has 0 spiro atoms. The number of rotatable bonds is 4. The molecular weight excluding hydrogens is 248 g/mol. The predicted molar refractivity (Wildman–Crippen MR) is 72.5 cm³/mol. The van der Waals surface area contributed by atoms with Gasteiger partial charge in [-0.2, -0.15) is 5.10 Å².